The van der Waals surface area contributed by atoms with E-state index in [0.717, 1.165) is 29.6 Å². The second-order valence-electron chi connectivity index (χ2n) is 6.47. The largest absolute Gasteiger partial charge is 0.103 e. The minimum Gasteiger partial charge on any atom is -0.103 e. The molecule has 0 aliphatic heterocycles. The average molecular weight is 220 g/mol. The zero-order valence-electron chi connectivity index (χ0n) is 11.1. The summed E-state index contributed by atoms with van der Waals surface area (Å²) in [5, 5.41) is 0. The Morgan fingerprint density at radius 2 is 1.50 bits per heavy atom. The molecule has 2 rings (SSSR count). The third-order valence-electron chi connectivity index (χ3n) is 5.33. The van der Waals surface area contributed by atoms with E-state index in [4.69, 9.17) is 0 Å². The Morgan fingerprint density at radius 1 is 0.875 bits per heavy atom. The lowest BCUT2D eigenvalue weighted by Gasteiger charge is -2.39. The molecular weight excluding hydrogens is 192 g/mol. The maximum absolute atomic E-state index is 4.03. The summed E-state index contributed by atoms with van der Waals surface area (Å²) in [5.74, 6) is 4.75. The molecule has 0 amide bonds. The summed E-state index contributed by atoms with van der Waals surface area (Å²) < 4.78 is 0. The highest BCUT2D eigenvalue weighted by Crippen LogP contribution is 2.43. The van der Waals surface area contributed by atoms with Gasteiger partial charge in [0.1, 0.15) is 0 Å². The maximum atomic E-state index is 4.03. The van der Waals surface area contributed by atoms with Crippen LogP contribution in [0.2, 0.25) is 0 Å². The molecule has 2 fully saturated rings. The molecule has 0 heterocycles. The second kappa shape index (κ2) is 5.38. The highest BCUT2D eigenvalue weighted by molar-refractivity contribution is 4.91. The lowest BCUT2D eigenvalue weighted by molar-refractivity contribution is 0.130. The average Bonchev–Trinajstić information content (AvgIpc) is 2.31. The van der Waals surface area contributed by atoms with Crippen LogP contribution in [-0.2, 0) is 0 Å². The van der Waals surface area contributed by atoms with Crippen molar-refractivity contribution in [1.82, 2.24) is 0 Å². The van der Waals surface area contributed by atoms with Gasteiger partial charge in [-0.1, -0.05) is 32.8 Å². The SMILES string of the molecule is C=C[C@H]1C[C@H](C2CCC(C)CC2)CC[C@H]1C. The minimum atomic E-state index is 0.804. The van der Waals surface area contributed by atoms with Crippen molar-refractivity contribution in [2.45, 2.75) is 58.8 Å². The Kier molecular flexibility index (Phi) is 4.10. The van der Waals surface area contributed by atoms with Crippen LogP contribution in [0, 0.1) is 29.6 Å². The molecule has 0 heteroatoms. The molecule has 0 radical (unpaired) electrons. The van der Waals surface area contributed by atoms with Gasteiger partial charge in [-0.2, -0.15) is 0 Å². The van der Waals surface area contributed by atoms with Gasteiger partial charge >= 0.3 is 0 Å². The zero-order chi connectivity index (χ0) is 11.5. The Hall–Kier alpha value is -0.260. The molecule has 16 heavy (non-hydrogen) atoms. The number of hydrogen-bond acceptors (Lipinski definition) is 0. The normalized spacial score (nSPS) is 45.2. The van der Waals surface area contributed by atoms with Crippen LogP contribution in [0.4, 0.5) is 0 Å². The van der Waals surface area contributed by atoms with Crippen LogP contribution in [0.5, 0.6) is 0 Å². The van der Waals surface area contributed by atoms with Gasteiger partial charge in [-0.25, -0.2) is 0 Å². The van der Waals surface area contributed by atoms with E-state index in [1.165, 1.54) is 44.9 Å². The first kappa shape index (κ1) is 12.2. The molecule has 0 aromatic carbocycles. The molecule has 0 aromatic heterocycles. The molecule has 0 aromatic rings. The van der Waals surface area contributed by atoms with Crippen LogP contribution in [-0.4, -0.2) is 0 Å². The molecule has 92 valence electrons. The highest BCUT2D eigenvalue weighted by Gasteiger charge is 2.32. The van der Waals surface area contributed by atoms with E-state index in [1.807, 2.05) is 0 Å². The van der Waals surface area contributed by atoms with Gasteiger partial charge in [0.15, 0.2) is 0 Å². The zero-order valence-corrected chi connectivity index (χ0v) is 11.1. The van der Waals surface area contributed by atoms with Crippen molar-refractivity contribution in [3.63, 3.8) is 0 Å². The summed E-state index contributed by atoms with van der Waals surface area (Å²) in [5.41, 5.74) is 0. The standard InChI is InChI=1S/C16H28/c1-4-14-11-16(10-7-13(14)3)15-8-5-12(2)6-9-15/h4,12-16H,1,5-11H2,2-3H3/t12?,13-,14+,15?,16-/m1/s1. The smallest absolute Gasteiger partial charge is 0.0208 e. The molecule has 2 aliphatic rings. The minimum absolute atomic E-state index is 0.804. The predicted octanol–water partition coefficient (Wildman–Crippen LogP) is 5.05. The van der Waals surface area contributed by atoms with Crippen molar-refractivity contribution < 1.29 is 0 Å². The van der Waals surface area contributed by atoms with Crippen molar-refractivity contribution in [1.29, 1.82) is 0 Å². The fourth-order valence-electron chi connectivity index (χ4n) is 3.90. The third kappa shape index (κ3) is 2.70. The second-order valence-corrected chi connectivity index (χ2v) is 6.47. The van der Waals surface area contributed by atoms with Crippen molar-refractivity contribution in [2.75, 3.05) is 0 Å². The quantitative estimate of drug-likeness (QED) is 0.571. The summed E-state index contributed by atoms with van der Waals surface area (Å²) >= 11 is 0. The number of allylic oxidation sites excluding steroid dienone is 1. The molecule has 0 spiro atoms. The lowest BCUT2D eigenvalue weighted by atomic mass is 9.66. The van der Waals surface area contributed by atoms with E-state index < -0.39 is 0 Å². The fraction of sp³-hybridized carbons (Fsp3) is 0.875. The molecule has 3 atom stereocenters. The topological polar surface area (TPSA) is 0 Å². The van der Waals surface area contributed by atoms with Gasteiger partial charge in [0.25, 0.3) is 0 Å². The van der Waals surface area contributed by atoms with Gasteiger partial charge in [0.2, 0.25) is 0 Å². The first-order valence-corrected chi connectivity index (χ1v) is 7.33. The molecule has 2 aliphatic carbocycles. The molecule has 0 nitrogen and oxygen atoms in total. The molecule has 0 saturated heterocycles. The summed E-state index contributed by atoms with van der Waals surface area (Å²) in [6.45, 7) is 8.86. The molecule has 2 saturated carbocycles. The van der Waals surface area contributed by atoms with Gasteiger partial charge in [-0.3, -0.25) is 0 Å². The summed E-state index contributed by atoms with van der Waals surface area (Å²) in [4.78, 5) is 0. The van der Waals surface area contributed by atoms with E-state index in [9.17, 15) is 0 Å². The van der Waals surface area contributed by atoms with E-state index in [-0.39, 0.29) is 0 Å². The Labute approximate surface area is 102 Å². The molecular formula is C16H28. The number of hydrogen-bond donors (Lipinski definition) is 0. The first-order valence-electron chi connectivity index (χ1n) is 7.33. The van der Waals surface area contributed by atoms with Gasteiger partial charge in [-0.05, 0) is 61.7 Å². The van der Waals surface area contributed by atoms with Crippen molar-refractivity contribution >= 4 is 0 Å². The fourth-order valence-corrected chi connectivity index (χ4v) is 3.90. The lowest BCUT2D eigenvalue weighted by Crippen LogP contribution is -2.28. The predicted molar refractivity (Wildman–Crippen MR) is 71.3 cm³/mol. The summed E-state index contributed by atoms with van der Waals surface area (Å²) in [6.07, 6.45) is 12.6. The van der Waals surface area contributed by atoms with Crippen molar-refractivity contribution in [3.05, 3.63) is 12.7 Å². The van der Waals surface area contributed by atoms with Crippen LogP contribution in [0.15, 0.2) is 12.7 Å². The molecule has 0 N–H and O–H groups in total. The summed E-state index contributed by atoms with van der Waals surface area (Å²) in [6, 6.07) is 0. The highest BCUT2D eigenvalue weighted by atomic mass is 14.4. The third-order valence-corrected chi connectivity index (χ3v) is 5.33. The monoisotopic (exact) mass is 220 g/mol. The van der Waals surface area contributed by atoms with Gasteiger partial charge in [0, 0.05) is 0 Å². The Balaban J connectivity index is 1.88. The molecule has 0 bridgehead atoms. The van der Waals surface area contributed by atoms with Crippen LogP contribution in [0.25, 0.3) is 0 Å². The van der Waals surface area contributed by atoms with Gasteiger partial charge < -0.3 is 0 Å². The number of rotatable bonds is 2. The van der Waals surface area contributed by atoms with Crippen LogP contribution in [0.1, 0.15) is 58.8 Å². The molecule has 0 unspecified atom stereocenters. The van der Waals surface area contributed by atoms with Gasteiger partial charge in [-0.15, -0.1) is 6.58 Å². The van der Waals surface area contributed by atoms with E-state index in [2.05, 4.69) is 26.5 Å². The Bertz CT molecular complexity index is 222. The van der Waals surface area contributed by atoms with Crippen LogP contribution in [0.3, 0.4) is 0 Å². The van der Waals surface area contributed by atoms with Crippen LogP contribution >= 0.6 is 0 Å². The Morgan fingerprint density at radius 3 is 2.12 bits per heavy atom. The van der Waals surface area contributed by atoms with Gasteiger partial charge in [0.05, 0.1) is 0 Å². The first-order chi connectivity index (χ1) is 7.70. The maximum Gasteiger partial charge on any atom is -0.0208 e. The summed E-state index contributed by atoms with van der Waals surface area (Å²) in [7, 11) is 0. The van der Waals surface area contributed by atoms with Crippen molar-refractivity contribution in [2.24, 2.45) is 29.6 Å². The van der Waals surface area contributed by atoms with E-state index in [0.29, 0.717) is 0 Å². The van der Waals surface area contributed by atoms with Crippen molar-refractivity contribution in [3.8, 4) is 0 Å². The van der Waals surface area contributed by atoms with E-state index in [1.54, 1.807) is 0 Å². The van der Waals surface area contributed by atoms with Crippen LogP contribution < -0.4 is 0 Å². The van der Waals surface area contributed by atoms with E-state index >= 15 is 0 Å².